The molecular formula is C14H13NO2. The number of nitrogens with one attached hydrogen (secondary N) is 1. The average Bonchev–Trinajstić information content (AvgIpc) is 2.98. The Kier molecular flexibility index (Phi) is 2.46. The summed E-state index contributed by atoms with van der Waals surface area (Å²) in [5.41, 5.74) is 0.898. The Morgan fingerprint density at radius 1 is 1.06 bits per heavy atom. The van der Waals surface area contributed by atoms with Crippen LogP contribution in [0.3, 0.4) is 0 Å². The molecule has 0 spiro atoms. The van der Waals surface area contributed by atoms with Gasteiger partial charge in [0.1, 0.15) is 23.1 Å². The second-order valence-corrected chi connectivity index (χ2v) is 3.92. The van der Waals surface area contributed by atoms with E-state index in [1.54, 1.807) is 6.26 Å². The Morgan fingerprint density at radius 3 is 2.65 bits per heavy atom. The predicted molar refractivity (Wildman–Crippen MR) is 65.8 cm³/mol. The van der Waals surface area contributed by atoms with Crippen LogP contribution in [0.25, 0.3) is 11.0 Å². The molecule has 0 fully saturated rings. The van der Waals surface area contributed by atoms with Crippen molar-refractivity contribution in [3.63, 3.8) is 0 Å². The number of hydrogen-bond acceptors (Lipinski definition) is 3. The Labute approximate surface area is 99.0 Å². The molecule has 86 valence electrons. The van der Waals surface area contributed by atoms with Gasteiger partial charge in [-0.3, -0.25) is 0 Å². The van der Waals surface area contributed by atoms with Crippen molar-refractivity contribution >= 4 is 11.0 Å². The summed E-state index contributed by atoms with van der Waals surface area (Å²) in [5, 5.41) is 4.30. The van der Waals surface area contributed by atoms with E-state index in [2.05, 4.69) is 5.32 Å². The SMILES string of the molecule is CNC(c1ccco1)c1cc2ccccc2o1. The molecule has 3 nitrogen and oxygen atoms in total. The van der Waals surface area contributed by atoms with E-state index in [4.69, 9.17) is 8.83 Å². The highest BCUT2D eigenvalue weighted by Crippen LogP contribution is 2.28. The summed E-state index contributed by atoms with van der Waals surface area (Å²) in [4.78, 5) is 0. The first-order valence-corrected chi connectivity index (χ1v) is 5.57. The number of para-hydroxylation sites is 1. The monoisotopic (exact) mass is 227 g/mol. The smallest absolute Gasteiger partial charge is 0.134 e. The molecule has 3 rings (SSSR count). The van der Waals surface area contributed by atoms with Crippen LogP contribution in [-0.2, 0) is 0 Å². The maximum atomic E-state index is 5.82. The molecule has 3 aromatic rings. The van der Waals surface area contributed by atoms with Crippen LogP contribution in [0.4, 0.5) is 0 Å². The molecule has 0 aliphatic rings. The van der Waals surface area contributed by atoms with Crippen LogP contribution in [0, 0.1) is 0 Å². The minimum Gasteiger partial charge on any atom is -0.467 e. The summed E-state index contributed by atoms with van der Waals surface area (Å²) < 4.78 is 11.2. The summed E-state index contributed by atoms with van der Waals surface area (Å²) in [6, 6.07) is 13.8. The lowest BCUT2D eigenvalue weighted by Crippen LogP contribution is -2.16. The van der Waals surface area contributed by atoms with Gasteiger partial charge >= 0.3 is 0 Å². The molecule has 17 heavy (non-hydrogen) atoms. The van der Waals surface area contributed by atoms with E-state index in [0.717, 1.165) is 22.5 Å². The Bertz CT molecular complexity index is 577. The van der Waals surface area contributed by atoms with Gasteiger partial charge in [-0.05, 0) is 31.3 Å². The molecule has 1 aromatic carbocycles. The van der Waals surface area contributed by atoms with Crippen LogP contribution in [0.1, 0.15) is 17.6 Å². The Balaban J connectivity index is 2.07. The fourth-order valence-electron chi connectivity index (χ4n) is 2.02. The fraction of sp³-hybridized carbons (Fsp3) is 0.143. The molecule has 0 saturated heterocycles. The third-order valence-electron chi connectivity index (χ3n) is 2.85. The molecule has 1 N–H and O–H groups in total. The minimum absolute atomic E-state index is 0.0441. The van der Waals surface area contributed by atoms with Gasteiger partial charge in [0.05, 0.1) is 6.26 Å². The number of hydrogen-bond donors (Lipinski definition) is 1. The second kappa shape index (κ2) is 4.11. The molecule has 2 aromatic heterocycles. The highest BCUT2D eigenvalue weighted by Gasteiger charge is 2.18. The quantitative estimate of drug-likeness (QED) is 0.745. The molecule has 1 unspecified atom stereocenters. The molecule has 0 bridgehead atoms. The molecule has 0 amide bonds. The molecule has 3 heteroatoms. The van der Waals surface area contributed by atoms with Gasteiger partial charge in [0.15, 0.2) is 0 Å². The first-order chi connectivity index (χ1) is 8.38. The topological polar surface area (TPSA) is 38.3 Å². The first kappa shape index (κ1) is 10.2. The normalized spacial score (nSPS) is 13.0. The number of fused-ring (bicyclic) bond motifs is 1. The van der Waals surface area contributed by atoms with E-state index in [9.17, 15) is 0 Å². The lowest BCUT2D eigenvalue weighted by Gasteiger charge is -2.09. The van der Waals surface area contributed by atoms with Crippen molar-refractivity contribution < 1.29 is 8.83 Å². The van der Waals surface area contributed by atoms with Gasteiger partial charge in [-0.25, -0.2) is 0 Å². The van der Waals surface area contributed by atoms with Gasteiger partial charge in [0.25, 0.3) is 0 Å². The van der Waals surface area contributed by atoms with Crippen molar-refractivity contribution in [2.24, 2.45) is 0 Å². The van der Waals surface area contributed by atoms with Gasteiger partial charge < -0.3 is 14.2 Å². The van der Waals surface area contributed by atoms with Crippen molar-refractivity contribution in [1.82, 2.24) is 5.32 Å². The molecule has 0 aliphatic heterocycles. The maximum absolute atomic E-state index is 5.82. The van der Waals surface area contributed by atoms with Gasteiger partial charge in [0.2, 0.25) is 0 Å². The van der Waals surface area contributed by atoms with Crippen LogP contribution < -0.4 is 5.32 Å². The van der Waals surface area contributed by atoms with E-state index in [-0.39, 0.29) is 6.04 Å². The second-order valence-electron chi connectivity index (χ2n) is 3.92. The number of benzene rings is 1. The Morgan fingerprint density at radius 2 is 1.94 bits per heavy atom. The highest BCUT2D eigenvalue weighted by molar-refractivity contribution is 5.77. The summed E-state index contributed by atoms with van der Waals surface area (Å²) in [5.74, 6) is 1.72. The van der Waals surface area contributed by atoms with Crippen LogP contribution >= 0.6 is 0 Å². The van der Waals surface area contributed by atoms with Gasteiger partial charge in [-0.2, -0.15) is 0 Å². The predicted octanol–water partition coefficient (Wildman–Crippen LogP) is 3.33. The third kappa shape index (κ3) is 1.74. The van der Waals surface area contributed by atoms with Crippen molar-refractivity contribution in [3.8, 4) is 0 Å². The van der Waals surface area contributed by atoms with Crippen LogP contribution in [0.5, 0.6) is 0 Å². The summed E-state index contributed by atoms with van der Waals surface area (Å²) in [6.07, 6.45) is 1.67. The third-order valence-corrected chi connectivity index (χ3v) is 2.85. The molecule has 1 atom stereocenters. The van der Waals surface area contributed by atoms with Crippen LogP contribution in [0.2, 0.25) is 0 Å². The van der Waals surface area contributed by atoms with Gasteiger partial charge in [-0.1, -0.05) is 18.2 Å². The number of furan rings is 2. The van der Waals surface area contributed by atoms with Gasteiger partial charge in [0, 0.05) is 5.39 Å². The lowest BCUT2D eigenvalue weighted by molar-refractivity contribution is 0.415. The van der Waals surface area contributed by atoms with Crippen molar-refractivity contribution in [2.45, 2.75) is 6.04 Å². The van der Waals surface area contributed by atoms with E-state index in [1.807, 2.05) is 49.5 Å². The van der Waals surface area contributed by atoms with Crippen LogP contribution in [0.15, 0.2) is 57.6 Å². The maximum Gasteiger partial charge on any atom is 0.134 e. The van der Waals surface area contributed by atoms with Crippen LogP contribution in [-0.4, -0.2) is 7.05 Å². The van der Waals surface area contributed by atoms with E-state index in [1.165, 1.54) is 0 Å². The molecule has 0 aliphatic carbocycles. The van der Waals surface area contributed by atoms with Crippen molar-refractivity contribution in [3.05, 3.63) is 60.2 Å². The number of rotatable bonds is 3. The van der Waals surface area contributed by atoms with E-state index >= 15 is 0 Å². The van der Waals surface area contributed by atoms with Crippen molar-refractivity contribution in [1.29, 1.82) is 0 Å². The minimum atomic E-state index is -0.0441. The standard InChI is InChI=1S/C14H13NO2/c1-15-14(12-7-4-8-16-12)13-9-10-5-2-3-6-11(10)17-13/h2-9,14-15H,1H3. The zero-order valence-electron chi connectivity index (χ0n) is 9.51. The van der Waals surface area contributed by atoms with E-state index in [0.29, 0.717) is 0 Å². The fourth-order valence-corrected chi connectivity index (χ4v) is 2.02. The average molecular weight is 227 g/mol. The Hall–Kier alpha value is -2.00. The largest absolute Gasteiger partial charge is 0.467 e. The molecular weight excluding hydrogens is 214 g/mol. The van der Waals surface area contributed by atoms with Crippen molar-refractivity contribution in [2.75, 3.05) is 7.05 Å². The molecule has 0 saturated carbocycles. The summed E-state index contributed by atoms with van der Waals surface area (Å²) >= 11 is 0. The zero-order chi connectivity index (χ0) is 11.7. The summed E-state index contributed by atoms with van der Waals surface area (Å²) in [7, 11) is 1.89. The molecule has 0 radical (unpaired) electrons. The zero-order valence-corrected chi connectivity index (χ0v) is 9.51. The van der Waals surface area contributed by atoms with E-state index < -0.39 is 0 Å². The first-order valence-electron chi connectivity index (χ1n) is 5.57. The lowest BCUT2D eigenvalue weighted by atomic mass is 10.1. The highest BCUT2D eigenvalue weighted by atomic mass is 16.4. The summed E-state index contributed by atoms with van der Waals surface area (Å²) in [6.45, 7) is 0. The molecule has 2 heterocycles. The van der Waals surface area contributed by atoms with Gasteiger partial charge in [-0.15, -0.1) is 0 Å².